The van der Waals surface area contributed by atoms with E-state index in [1.807, 2.05) is 12.1 Å². The molecule has 3 heteroatoms. The molecule has 0 saturated heterocycles. The Kier molecular flexibility index (Phi) is 4.22. The van der Waals surface area contributed by atoms with E-state index in [2.05, 4.69) is 46.8 Å². The van der Waals surface area contributed by atoms with Crippen LogP contribution in [0.1, 0.15) is 68.2 Å². The molecule has 0 aromatic heterocycles. The summed E-state index contributed by atoms with van der Waals surface area (Å²) < 4.78 is 0. The summed E-state index contributed by atoms with van der Waals surface area (Å²) >= 11 is 0. The average Bonchev–Trinajstić information content (AvgIpc) is 2.90. The van der Waals surface area contributed by atoms with Crippen LogP contribution in [0.3, 0.4) is 0 Å². The molecular formula is C22H27NO2. The van der Waals surface area contributed by atoms with Gasteiger partial charge < -0.3 is 0 Å². The van der Waals surface area contributed by atoms with Gasteiger partial charge in [0.15, 0.2) is 0 Å². The van der Waals surface area contributed by atoms with Gasteiger partial charge in [0, 0.05) is 12.0 Å². The lowest BCUT2D eigenvalue weighted by atomic mass is 9.81. The molecule has 0 radical (unpaired) electrons. The van der Waals surface area contributed by atoms with Crippen molar-refractivity contribution < 1.29 is 9.59 Å². The quantitative estimate of drug-likeness (QED) is 0.728. The second-order valence-corrected chi connectivity index (χ2v) is 8.09. The van der Waals surface area contributed by atoms with Crippen molar-refractivity contribution in [3.63, 3.8) is 0 Å². The largest absolute Gasteiger partial charge is 0.273 e. The summed E-state index contributed by atoms with van der Waals surface area (Å²) in [4.78, 5) is 27.0. The molecule has 1 aliphatic carbocycles. The van der Waals surface area contributed by atoms with E-state index in [0.29, 0.717) is 17.7 Å². The van der Waals surface area contributed by atoms with Gasteiger partial charge in [-0.2, -0.15) is 0 Å². The van der Waals surface area contributed by atoms with Crippen molar-refractivity contribution in [1.82, 2.24) is 4.90 Å². The second kappa shape index (κ2) is 5.98. The van der Waals surface area contributed by atoms with Crippen molar-refractivity contribution in [3.05, 3.63) is 58.7 Å². The number of nitrogens with zero attached hydrogens (tertiary/aromatic N) is 1. The second-order valence-electron chi connectivity index (χ2n) is 8.09. The zero-order valence-electron chi connectivity index (χ0n) is 15.8. The highest BCUT2D eigenvalue weighted by molar-refractivity contribution is 6.21. The first-order valence-electron chi connectivity index (χ1n) is 9.08. The summed E-state index contributed by atoms with van der Waals surface area (Å²) in [5, 5.41) is 0. The number of carbonyl (C=O) groups is 2. The first-order valence-corrected chi connectivity index (χ1v) is 9.08. The summed E-state index contributed by atoms with van der Waals surface area (Å²) in [7, 11) is 0. The Morgan fingerprint density at radius 2 is 1.60 bits per heavy atom. The van der Waals surface area contributed by atoms with Crippen molar-refractivity contribution in [2.45, 2.75) is 47.5 Å². The van der Waals surface area contributed by atoms with Gasteiger partial charge in [0.25, 0.3) is 11.8 Å². The molecule has 2 amide bonds. The molecule has 1 fully saturated rings. The van der Waals surface area contributed by atoms with Gasteiger partial charge in [-0.25, -0.2) is 0 Å². The van der Waals surface area contributed by atoms with Gasteiger partial charge in [0.2, 0.25) is 0 Å². The van der Waals surface area contributed by atoms with Gasteiger partial charge in [-0.1, -0.05) is 52.0 Å². The van der Waals surface area contributed by atoms with Gasteiger partial charge in [0.05, 0.1) is 11.1 Å². The van der Waals surface area contributed by atoms with Crippen LogP contribution in [-0.4, -0.2) is 23.3 Å². The summed E-state index contributed by atoms with van der Waals surface area (Å²) in [6, 6.07) is 7.12. The lowest BCUT2D eigenvalue weighted by Crippen LogP contribution is -2.39. The maximum absolute atomic E-state index is 12.8. The predicted octanol–water partition coefficient (Wildman–Crippen LogP) is 5.00. The normalized spacial score (nSPS) is 28.3. The number of hydrogen-bond donors (Lipinski definition) is 0. The highest BCUT2D eigenvalue weighted by atomic mass is 16.2. The standard InChI is InChI=1S/C22H27NO2/c1-6-10-18-17(7-2)21(3,4)13-22(18,5)14-23-19(24)15-11-8-9-12-16(15)20(23)25/h7-12H,6,13-14H2,1-5H3/b17-7?,18-10+. The lowest BCUT2D eigenvalue weighted by molar-refractivity contribution is 0.0594. The number of rotatable bonds is 3. The first-order chi connectivity index (χ1) is 11.7. The summed E-state index contributed by atoms with van der Waals surface area (Å²) in [6.07, 6.45) is 6.33. The van der Waals surface area contributed by atoms with Gasteiger partial charge >= 0.3 is 0 Å². The molecule has 1 aromatic rings. The molecule has 1 heterocycles. The van der Waals surface area contributed by atoms with E-state index >= 15 is 0 Å². The fourth-order valence-electron chi connectivity index (χ4n) is 4.84. The van der Waals surface area contributed by atoms with E-state index in [1.165, 1.54) is 16.0 Å². The molecule has 1 atom stereocenters. The molecule has 1 aromatic carbocycles. The maximum atomic E-state index is 12.8. The predicted molar refractivity (Wildman–Crippen MR) is 100 cm³/mol. The van der Waals surface area contributed by atoms with Crippen LogP contribution in [0.2, 0.25) is 0 Å². The average molecular weight is 337 g/mol. The molecule has 0 N–H and O–H groups in total. The third-order valence-corrected chi connectivity index (χ3v) is 5.58. The zero-order valence-corrected chi connectivity index (χ0v) is 15.8. The molecular weight excluding hydrogens is 310 g/mol. The zero-order chi connectivity index (χ0) is 18.4. The SMILES string of the molecule is CC=C1/C(=C\CC)C(C)(CN2C(=O)c3ccccc3C2=O)CC1(C)C. The molecule has 1 aliphatic heterocycles. The Morgan fingerprint density at radius 3 is 2.08 bits per heavy atom. The minimum absolute atomic E-state index is 0.0448. The number of hydrogen-bond acceptors (Lipinski definition) is 2. The van der Waals surface area contributed by atoms with Crippen LogP contribution in [-0.2, 0) is 0 Å². The molecule has 0 bridgehead atoms. The van der Waals surface area contributed by atoms with Crippen molar-refractivity contribution in [3.8, 4) is 0 Å². The van der Waals surface area contributed by atoms with Crippen LogP contribution in [0.25, 0.3) is 0 Å². The fraction of sp³-hybridized carbons (Fsp3) is 0.455. The van der Waals surface area contributed by atoms with Crippen LogP contribution < -0.4 is 0 Å². The minimum atomic E-state index is -0.214. The third kappa shape index (κ3) is 2.66. The van der Waals surface area contributed by atoms with Gasteiger partial charge in [-0.3, -0.25) is 14.5 Å². The number of fused-ring (bicyclic) bond motifs is 1. The molecule has 3 nitrogen and oxygen atoms in total. The Hall–Kier alpha value is -2.16. The topological polar surface area (TPSA) is 37.4 Å². The third-order valence-electron chi connectivity index (χ3n) is 5.58. The number of carbonyl (C=O) groups excluding carboxylic acids is 2. The van der Waals surface area contributed by atoms with Crippen LogP contribution in [0.4, 0.5) is 0 Å². The Morgan fingerprint density at radius 1 is 1.04 bits per heavy atom. The number of amides is 2. The molecule has 3 rings (SSSR count). The number of imide groups is 1. The molecule has 0 spiro atoms. The number of benzene rings is 1. The Bertz CT molecular complexity index is 765. The maximum Gasteiger partial charge on any atom is 0.261 e. The van der Waals surface area contributed by atoms with Crippen LogP contribution in [0.15, 0.2) is 47.6 Å². The Labute approximate surface area is 150 Å². The highest BCUT2D eigenvalue weighted by Crippen LogP contribution is 2.56. The van der Waals surface area contributed by atoms with E-state index in [0.717, 1.165) is 12.8 Å². The van der Waals surface area contributed by atoms with E-state index in [1.54, 1.807) is 12.1 Å². The van der Waals surface area contributed by atoms with Crippen molar-refractivity contribution >= 4 is 11.8 Å². The summed E-state index contributed by atoms with van der Waals surface area (Å²) in [5.74, 6) is -0.325. The fourth-order valence-corrected chi connectivity index (χ4v) is 4.84. The molecule has 132 valence electrons. The van der Waals surface area contributed by atoms with Gasteiger partial charge in [0.1, 0.15) is 0 Å². The first kappa shape index (κ1) is 17.7. The van der Waals surface area contributed by atoms with Crippen LogP contribution in [0, 0.1) is 10.8 Å². The smallest absolute Gasteiger partial charge is 0.261 e. The highest BCUT2D eigenvalue weighted by Gasteiger charge is 2.50. The van der Waals surface area contributed by atoms with Crippen molar-refractivity contribution in [2.75, 3.05) is 6.54 Å². The molecule has 2 aliphatic rings. The van der Waals surface area contributed by atoms with Gasteiger partial charge in [-0.05, 0) is 48.5 Å². The van der Waals surface area contributed by atoms with Crippen molar-refractivity contribution in [2.24, 2.45) is 10.8 Å². The Balaban J connectivity index is 1.99. The van der Waals surface area contributed by atoms with Crippen LogP contribution >= 0.6 is 0 Å². The lowest BCUT2D eigenvalue weighted by Gasteiger charge is -2.31. The molecule has 1 unspecified atom stereocenters. The summed E-state index contributed by atoms with van der Waals surface area (Å²) in [6.45, 7) is 11.3. The van der Waals surface area contributed by atoms with E-state index < -0.39 is 0 Å². The molecule has 25 heavy (non-hydrogen) atoms. The van der Waals surface area contributed by atoms with E-state index in [9.17, 15) is 9.59 Å². The number of allylic oxidation sites excluding steroid dienone is 3. The summed E-state index contributed by atoms with van der Waals surface area (Å²) in [5.41, 5.74) is 3.52. The van der Waals surface area contributed by atoms with E-state index in [-0.39, 0.29) is 22.6 Å². The molecule has 1 saturated carbocycles. The minimum Gasteiger partial charge on any atom is -0.273 e. The van der Waals surface area contributed by atoms with Crippen molar-refractivity contribution in [1.29, 1.82) is 0 Å². The van der Waals surface area contributed by atoms with E-state index in [4.69, 9.17) is 0 Å². The van der Waals surface area contributed by atoms with Crippen LogP contribution in [0.5, 0.6) is 0 Å². The van der Waals surface area contributed by atoms with Gasteiger partial charge in [-0.15, -0.1) is 0 Å². The monoisotopic (exact) mass is 337 g/mol.